The first-order chi connectivity index (χ1) is 9.42. The molecule has 1 aliphatic rings. The number of hydrogen-bond donors (Lipinski definition) is 1. The number of halogens is 3. The van der Waals surface area contributed by atoms with E-state index in [2.05, 4.69) is 4.74 Å². The maximum Gasteiger partial charge on any atom is 0.323 e. The Balaban J connectivity index is 2.18. The molecule has 0 aliphatic carbocycles. The van der Waals surface area contributed by atoms with Crippen LogP contribution in [-0.2, 0) is 16.1 Å². The molecule has 1 N–H and O–H groups in total. The van der Waals surface area contributed by atoms with E-state index in [1.165, 1.54) is 7.11 Å². The molecule has 110 valence electrons. The molecule has 1 aliphatic heterocycles. The summed E-state index contributed by atoms with van der Waals surface area (Å²) in [5.74, 6) is -4.62. The number of rotatable bonds is 3. The quantitative estimate of drug-likeness (QED) is 0.671. The number of ether oxygens (including phenoxy) is 1. The summed E-state index contributed by atoms with van der Waals surface area (Å²) in [6.07, 6.45) is -0.520. The summed E-state index contributed by atoms with van der Waals surface area (Å²) in [6, 6.07) is 1.07. The zero-order valence-electron chi connectivity index (χ0n) is 10.8. The first kappa shape index (κ1) is 14.8. The zero-order chi connectivity index (χ0) is 14.9. The molecule has 2 unspecified atom stereocenters. The van der Waals surface area contributed by atoms with Crippen molar-refractivity contribution in [2.75, 3.05) is 13.7 Å². The minimum absolute atomic E-state index is 0.0188. The molecule has 1 saturated heterocycles. The molecule has 2 atom stereocenters. The molecule has 7 heteroatoms. The van der Waals surface area contributed by atoms with Crippen LogP contribution in [0.5, 0.6) is 0 Å². The zero-order valence-corrected chi connectivity index (χ0v) is 10.8. The minimum atomic E-state index is -1.53. The number of β-amino-alcohol motifs (C(OH)–C–C–N with tert-alkyl or cyclic N) is 1. The summed E-state index contributed by atoms with van der Waals surface area (Å²) in [7, 11) is 1.22. The Hall–Kier alpha value is -1.60. The van der Waals surface area contributed by atoms with Crippen molar-refractivity contribution in [1.29, 1.82) is 0 Å². The van der Waals surface area contributed by atoms with E-state index in [0.717, 1.165) is 12.1 Å². The van der Waals surface area contributed by atoms with Crippen molar-refractivity contribution in [2.45, 2.75) is 25.1 Å². The highest BCUT2D eigenvalue weighted by Gasteiger charge is 2.36. The molecule has 1 aromatic rings. The summed E-state index contributed by atoms with van der Waals surface area (Å²) >= 11 is 0. The number of benzene rings is 1. The average Bonchev–Trinajstić information content (AvgIpc) is 2.75. The van der Waals surface area contributed by atoms with Crippen LogP contribution in [0.2, 0.25) is 0 Å². The Morgan fingerprint density at radius 1 is 1.40 bits per heavy atom. The van der Waals surface area contributed by atoms with E-state index in [4.69, 9.17) is 0 Å². The second-order valence-corrected chi connectivity index (χ2v) is 4.73. The smallest absolute Gasteiger partial charge is 0.323 e. The molecular weight excluding hydrogens is 275 g/mol. The van der Waals surface area contributed by atoms with E-state index >= 15 is 0 Å². The summed E-state index contributed by atoms with van der Waals surface area (Å²) in [4.78, 5) is 13.1. The number of aliphatic hydroxyl groups is 1. The molecule has 0 aromatic heterocycles. The van der Waals surface area contributed by atoms with Gasteiger partial charge in [0.2, 0.25) is 0 Å². The third-order valence-corrected chi connectivity index (χ3v) is 3.28. The number of nitrogens with zero attached hydrogens (tertiary/aromatic N) is 1. The molecule has 1 aromatic carbocycles. The molecule has 0 spiro atoms. The van der Waals surface area contributed by atoms with Crippen LogP contribution in [0.4, 0.5) is 13.2 Å². The Morgan fingerprint density at radius 2 is 2.00 bits per heavy atom. The number of likely N-dealkylation sites (tertiary alicyclic amines) is 1. The first-order valence-electron chi connectivity index (χ1n) is 6.05. The third-order valence-electron chi connectivity index (χ3n) is 3.28. The van der Waals surface area contributed by atoms with Crippen molar-refractivity contribution in [3.05, 3.63) is 35.1 Å². The molecule has 1 fully saturated rings. The van der Waals surface area contributed by atoms with Crippen LogP contribution in [0.3, 0.4) is 0 Å². The second kappa shape index (κ2) is 5.80. The van der Waals surface area contributed by atoms with Crippen LogP contribution >= 0.6 is 0 Å². The van der Waals surface area contributed by atoms with E-state index in [0.29, 0.717) is 0 Å². The summed E-state index contributed by atoms with van der Waals surface area (Å²) in [5.41, 5.74) is 0.185. The molecular formula is C13H14F3NO3. The lowest BCUT2D eigenvalue weighted by Gasteiger charge is -2.22. The molecule has 1 heterocycles. The van der Waals surface area contributed by atoms with Crippen LogP contribution in [0, 0.1) is 17.5 Å². The van der Waals surface area contributed by atoms with Gasteiger partial charge in [0.15, 0.2) is 17.5 Å². The van der Waals surface area contributed by atoms with E-state index in [1.54, 1.807) is 4.90 Å². The van der Waals surface area contributed by atoms with Gasteiger partial charge in [-0.2, -0.15) is 0 Å². The largest absolute Gasteiger partial charge is 0.468 e. The number of esters is 1. The highest BCUT2D eigenvalue weighted by atomic mass is 19.2. The van der Waals surface area contributed by atoms with E-state index < -0.39 is 35.6 Å². The van der Waals surface area contributed by atoms with Crippen LogP contribution in [-0.4, -0.2) is 41.8 Å². The molecule has 0 bridgehead atoms. The minimum Gasteiger partial charge on any atom is -0.468 e. The lowest BCUT2D eigenvalue weighted by molar-refractivity contribution is -0.146. The van der Waals surface area contributed by atoms with Crippen molar-refractivity contribution in [1.82, 2.24) is 4.90 Å². The molecule has 4 nitrogen and oxygen atoms in total. The molecule has 20 heavy (non-hydrogen) atoms. The summed E-state index contributed by atoms with van der Waals surface area (Å²) < 4.78 is 43.8. The Kier molecular flexibility index (Phi) is 4.29. The molecule has 2 rings (SSSR count). The van der Waals surface area contributed by atoms with Crippen molar-refractivity contribution < 1.29 is 27.8 Å². The lowest BCUT2D eigenvalue weighted by Crippen LogP contribution is -2.36. The number of hydrogen-bond acceptors (Lipinski definition) is 4. The number of aliphatic hydroxyl groups excluding tert-OH is 1. The average molecular weight is 289 g/mol. The normalized spacial score (nSPS) is 23.1. The second-order valence-electron chi connectivity index (χ2n) is 4.73. The van der Waals surface area contributed by atoms with Gasteiger partial charge in [-0.15, -0.1) is 0 Å². The predicted molar refractivity (Wildman–Crippen MR) is 63.2 cm³/mol. The molecule has 0 saturated carbocycles. The number of carbonyl (C=O) groups excluding carboxylic acids is 1. The van der Waals surface area contributed by atoms with Gasteiger partial charge in [-0.1, -0.05) is 0 Å². The Bertz CT molecular complexity index is 501. The fourth-order valence-corrected chi connectivity index (χ4v) is 2.37. The highest BCUT2D eigenvalue weighted by molar-refractivity contribution is 5.76. The fraction of sp³-hybridized carbons (Fsp3) is 0.462. The van der Waals surface area contributed by atoms with Crippen molar-refractivity contribution in [3.8, 4) is 0 Å². The monoisotopic (exact) mass is 289 g/mol. The standard InChI is InChI=1S/C13H14F3NO3/c1-20-13(19)11-4-8(18)6-17(11)5-7-2-9(14)12(16)10(15)3-7/h2-3,8,11,18H,4-6H2,1H3. The third kappa shape index (κ3) is 2.94. The highest BCUT2D eigenvalue weighted by Crippen LogP contribution is 2.23. The van der Waals surface area contributed by atoms with Gasteiger partial charge in [0, 0.05) is 19.5 Å². The number of methoxy groups -OCH3 is 1. The first-order valence-corrected chi connectivity index (χ1v) is 6.05. The van der Waals surface area contributed by atoms with Gasteiger partial charge in [-0.3, -0.25) is 9.69 Å². The van der Waals surface area contributed by atoms with Crippen molar-refractivity contribution >= 4 is 5.97 Å². The summed E-state index contributed by atoms with van der Waals surface area (Å²) in [6.45, 7) is 0.200. The number of carbonyl (C=O) groups is 1. The van der Waals surface area contributed by atoms with Crippen LogP contribution < -0.4 is 0 Å². The SMILES string of the molecule is COC(=O)C1CC(O)CN1Cc1cc(F)c(F)c(F)c1. The van der Waals surface area contributed by atoms with Gasteiger partial charge in [0.25, 0.3) is 0 Å². The fourth-order valence-electron chi connectivity index (χ4n) is 2.37. The Labute approximate surface area is 113 Å². The Morgan fingerprint density at radius 3 is 2.55 bits per heavy atom. The molecule has 0 amide bonds. The van der Waals surface area contributed by atoms with Gasteiger partial charge in [0.05, 0.1) is 13.2 Å². The van der Waals surface area contributed by atoms with E-state index in [9.17, 15) is 23.1 Å². The lowest BCUT2D eigenvalue weighted by atomic mass is 10.1. The van der Waals surface area contributed by atoms with Gasteiger partial charge < -0.3 is 9.84 Å². The topological polar surface area (TPSA) is 49.8 Å². The van der Waals surface area contributed by atoms with Gasteiger partial charge >= 0.3 is 5.97 Å². The van der Waals surface area contributed by atoms with Crippen molar-refractivity contribution in [3.63, 3.8) is 0 Å². The van der Waals surface area contributed by atoms with Gasteiger partial charge in [0.1, 0.15) is 6.04 Å². The van der Waals surface area contributed by atoms with Crippen molar-refractivity contribution in [2.24, 2.45) is 0 Å². The van der Waals surface area contributed by atoms with Gasteiger partial charge in [-0.05, 0) is 17.7 Å². The maximum atomic E-state index is 13.1. The van der Waals surface area contributed by atoms with Gasteiger partial charge in [-0.25, -0.2) is 13.2 Å². The molecule has 0 radical (unpaired) electrons. The van der Waals surface area contributed by atoms with Crippen LogP contribution in [0.15, 0.2) is 12.1 Å². The summed E-state index contributed by atoms with van der Waals surface area (Å²) in [5, 5.41) is 9.59. The predicted octanol–water partition coefficient (Wildman–Crippen LogP) is 1.21. The van der Waals surface area contributed by atoms with E-state index in [1.807, 2.05) is 0 Å². The van der Waals surface area contributed by atoms with E-state index in [-0.39, 0.29) is 25.1 Å². The maximum absolute atomic E-state index is 13.1. The van der Waals surface area contributed by atoms with Crippen LogP contribution in [0.1, 0.15) is 12.0 Å². The van der Waals surface area contributed by atoms with Crippen LogP contribution in [0.25, 0.3) is 0 Å².